The molecule has 2 rings (SSSR count). The van der Waals surface area contributed by atoms with Gasteiger partial charge >= 0.3 is 0 Å². The quantitative estimate of drug-likeness (QED) is 0.629. The van der Waals surface area contributed by atoms with E-state index in [2.05, 4.69) is 21.8 Å². The summed E-state index contributed by atoms with van der Waals surface area (Å²) in [5.41, 5.74) is 7.39. The molecular weight excluding hydrogens is 212 g/mol. The predicted octanol–water partition coefficient (Wildman–Crippen LogP) is 1.22. The van der Waals surface area contributed by atoms with Crippen molar-refractivity contribution in [3.63, 3.8) is 0 Å². The van der Waals surface area contributed by atoms with E-state index in [1.54, 1.807) is 0 Å². The van der Waals surface area contributed by atoms with Crippen LogP contribution in [0.25, 0.3) is 0 Å². The minimum absolute atomic E-state index is 0.763. The Hall–Kier alpha value is -1.39. The summed E-state index contributed by atoms with van der Waals surface area (Å²) in [6.07, 6.45) is 1.97. The Labute approximate surface area is 103 Å². The van der Waals surface area contributed by atoms with Gasteiger partial charge in [0.05, 0.1) is 5.69 Å². The van der Waals surface area contributed by atoms with E-state index < -0.39 is 0 Å². The van der Waals surface area contributed by atoms with Gasteiger partial charge in [0.1, 0.15) is 0 Å². The lowest BCUT2D eigenvalue weighted by Gasteiger charge is -2.31. The molecule has 1 heterocycles. The third-order valence-electron chi connectivity index (χ3n) is 3.05. The van der Waals surface area contributed by atoms with Gasteiger partial charge in [-0.15, -0.1) is 0 Å². The van der Waals surface area contributed by atoms with Gasteiger partial charge in [-0.25, -0.2) is 0 Å². The first-order valence-corrected chi connectivity index (χ1v) is 6.03. The van der Waals surface area contributed by atoms with E-state index in [1.165, 1.54) is 0 Å². The molecule has 0 spiro atoms. The number of likely N-dealkylation sites (N-methyl/N-ethyl adjacent to an activating group) is 1. The first kappa shape index (κ1) is 12.1. The van der Waals surface area contributed by atoms with Crippen LogP contribution in [0.1, 0.15) is 0 Å². The van der Waals surface area contributed by atoms with Crippen molar-refractivity contribution in [1.29, 1.82) is 0 Å². The molecule has 0 aromatic heterocycles. The molecule has 1 fully saturated rings. The molecule has 2 N–H and O–H groups in total. The summed E-state index contributed by atoms with van der Waals surface area (Å²) in [6.45, 7) is 5.46. The van der Waals surface area contributed by atoms with Gasteiger partial charge in [0, 0.05) is 44.6 Å². The second kappa shape index (κ2) is 5.80. The number of anilines is 1. The highest BCUT2D eigenvalue weighted by atomic mass is 15.2. The Morgan fingerprint density at radius 3 is 2.76 bits per heavy atom. The van der Waals surface area contributed by atoms with Crippen LogP contribution in [0, 0.1) is 0 Å². The summed E-state index contributed by atoms with van der Waals surface area (Å²) in [7, 11) is 2.16. The normalized spacial score (nSPS) is 18.9. The Balaban J connectivity index is 1.81. The maximum Gasteiger partial charge on any atom is 0.0646 e. The smallest absolute Gasteiger partial charge is 0.0646 e. The molecule has 0 aliphatic carbocycles. The molecule has 92 valence electrons. The van der Waals surface area contributed by atoms with Crippen LogP contribution in [0.15, 0.2) is 29.3 Å². The minimum atomic E-state index is 0.763. The van der Waals surface area contributed by atoms with Gasteiger partial charge < -0.3 is 10.6 Å². The van der Waals surface area contributed by atoms with Gasteiger partial charge in [0.15, 0.2) is 0 Å². The molecule has 1 aliphatic rings. The molecule has 4 heteroatoms. The molecule has 0 atom stereocenters. The van der Waals surface area contributed by atoms with E-state index in [4.69, 9.17) is 5.73 Å². The molecule has 17 heavy (non-hydrogen) atoms. The Bertz CT molecular complexity index is 381. The van der Waals surface area contributed by atoms with Crippen LogP contribution in [0.2, 0.25) is 0 Å². The van der Waals surface area contributed by atoms with E-state index >= 15 is 0 Å². The largest absolute Gasteiger partial charge is 0.399 e. The molecule has 1 aliphatic heterocycles. The predicted molar refractivity (Wildman–Crippen MR) is 72.9 cm³/mol. The number of rotatable bonds is 3. The molecule has 0 radical (unpaired) electrons. The van der Waals surface area contributed by atoms with Gasteiger partial charge in [0.25, 0.3) is 0 Å². The van der Waals surface area contributed by atoms with Crippen molar-refractivity contribution in [3.8, 4) is 0 Å². The van der Waals surface area contributed by atoms with E-state index in [9.17, 15) is 0 Å². The first-order valence-electron chi connectivity index (χ1n) is 6.03. The SMILES string of the molecule is CN1CCN(CC=Nc2cccc(N)c2)CC1. The average molecular weight is 232 g/mol. The highest BCUT2D eigenvalue weighted by molar-refractivity contribution is 5.66. The van der Waals surface area contributed by atoms with Crippen LogP contribution in [0.4, 0.5) is 11.4 Å². The molecule has 1 saturated heterocycles. The third-order valence-corrected chi connectivity index (χ3v) is 3.05. The molecule has 1 aromatic rings. The number of benzene rings is 1. The standard InChI is InChI=1S/C13H20N4/c1-16-7-9-17(10-8-16)6-5-15-13-4-2-3-12(14)11-13/h2-5,11H,6-10,14H2,1H3. The zero-order valence-corrected chi connectivity index (χ0v) is 10.3. The van der Waals surface area contributed by atoms with Crippen molar-refractivity contribution in [2.45, 2.75) is 0 Å². The molecule has 0 bridgehead atoms. The fourth-order valence-corrected chi connectivity index (χ4v) is 1.90. The Morgan fingerprint density at radius 2 is 2.06 bits per heavy atom. The van der Waals surface area contributed by atoms with E-state index in [0.29, 0.717) is 0 Å². The molecule has 0 saturated carbocycles. The number of piperazine rings is 1. The van der Waals surface area contributed by atoms with Gasteiger partial charge in [0.2, 0.25) is 0 Å². The number of nitrogens with zero attached hydrogens (tertiary/aromatic N) is 3. The lowest BCUT2D eigenvalue weighted by atomic mass is 10.3. The number of nitrogen functional groups attached to an aromatic ring is 1. The summed E-state index contributed by atoms with van der Waals surface area (Å²) >= 11 is 0. The molecular formula is C13H20N4. The fourth-order valence-electron chi connectivity index (χ4n) is 1.90. The average Bonchev–Trinajstić information content (AvgIpc) is 2.32. The number of nitrogens with two attached hydrogens (primary N) is 1. The summed E-state index contributed by atoms with van der Waals surface area (Å²) in [6, 6.07) is 7.66. The van der Waals surface area contributed by atoms with Gasteiger partial charge in [-0.1, -0.05) is 6.07 Å². The van der Waals surface area contributed by atoms with Crippen molar-refractivity contribution < 1.29 is 0 Å². The van der Waals surface area contributed by atoms with Crippen molar-refractivity contribution in [3.05, 3.63) is 24.3 Å². The first-order chi connectivity index (χ1) is 8.24. The minimum Gasteiger partial charge on any atom is -0.399 e. The topological polar surface area (TPSA) is 44.9 Å². The summed E-state index contributed by atoms with van der Waals surface area (Å²) in [5, 5.41) is 0. The number of hydrogen-bond donors (Lipinski definition) is 1. The number of aliphatic imine (C=N–C) groups is 1. The van der Waals surface area contributed by atoms with Crippen molar-refractivity contribution in [2.24, 2.45) is 4.99 Å². The molecule has 0 amide bonds. The van der Waals surface area contributed by atoms with Crippen molar-refractivity contribution in [2.75, 3.05) is 45.5 Å². The van der Waals surface area contributed by atoms with Crippen LogP contribution in [0.5, 0.6) is 0 Å². The van der Waals surface area contributed by atoms with E-state index in [0.717, 1.165) is 44.1 Å². The lowest BCUT2D eigenvalue weighted by Crippen LogP contribution is -2.44. The zero-order valence-electron chi connectivity index (χ0n) is 10.3. The van der Waals surface area contributed by atoms with Gasteiger partial charge in [-0.3, -0.25) is 9.89 Å². The van der Waals surface area contributed by atoms with Crippen LogP contribution in [-0.4, -0.2) is 55.8 Å². The molecule has 1 aromatic carbocycles. The number of hydrogen-bond acceptors (Lipinski definition) is 4. The highest BCUT2D eigenvalue weighted by Gasteiger charge is 2.11. The highest BCUT2D eigenvalue weighted by Crippen LogP contribution is 2.14. The van der Waals surface area contributed by atoms with Crippen molar-refractivity contribution >= 4 is 17.6 Å². The van der Waals surface area contributed by atoms with Gasteiger partial charge in [-0.05, 0) is 25.2 Å². The molecule has 4 nitrogen and oxygen atoms in total. The van der Waals surface area contributed by atoms with Gasteiger partial charge in [-0.2, -0.15) is 0 Å². The summed E-state index contributed by atoms with van der Waals surface area (Å²) in [5.74, 6) is 0. The summed E-state index contributed by atoms with van der Waals surface area (Å²) in [4.78, 5) is 9.19. The van der Waals surface area contributed by atoms with Crippen LogP contribution < -0.4 is 5.73 Å². The Morgan fingerprint density at radius 1 is 1.29 bits per heavy atom. The second-order valence-corrected chi connectivity index (χ2v) is 4.51. The monoisotopic (exact) mass is 232 g/mol. The maximum absolute atomic E-state index is 5.70. The lowest BCUT2D eigenvalue weighted by molar-refractivity contribution is 0.171. The summed E-state index contributed by atoms with van der Waals surface area (Å²) < 4.78 is 0. The maximum atomic E-state index is 5.70. The van der Waals surface area contributed by atoms with Crippen LogP contribution >= 0.6 is 0 Å². The zero-order chi connectivity index (χ0) is 12.1. The van der Waals surface area contributed by atoms with E-state index in [1.807, 2.05) is 30.5 Å². The fraction of sp³-hybridized carbons (Fsp3) is 0.462. The van der Waals surface area contributed by atoms with Crippen LogP contribution in [-0.2, 0) is 0 Å². The Kier molecular flexibility index (Phi) is 4.12. The second-order valence-electron chi connectivity index (χ2n) is 4.51. The third kappa shape index (κ3) is 3.84. The molecule has 0 unspecified atom stereocenters. The van der Waals surface area contributed by atoms with E-state index in [-0.39, 0.29) is 0 Å². The van der Waals surface area contributed by atoms with Crippen molar-refractivity contribution in [1.82, 2.24) is 9.80 Å². The van der Waals surface area contributed by atoms with Crippen LogP contribution in [0.3, 0.4) is 0 Å².